The van der Waals surface area contributed by atoms with Crippen molar-refractivity contribution in [1.29, 1.82) is 0 Å². The van der Waals surface area contributed by atoms with Crippen molar-refractivity contribution in [2.24, 2.45) is 0 Å². The lowest BCUT2D eigenvalue weighted by Crippen LogP contribution is -2.31. The number of amides is 2. The molecule has 0 aromatic heterocycles. The molecule has 140 valence electrons. The van der Waals surface area contributed by atoms with Crippen LogP contribution in [0.3, 0.4) is 0 Å². The van der Waals surface area contributed by atoms with Gasteiger partial charge < -0.3 is 25.4 Å². The maximum Gasteiger partial charge on any atom is 0.337 e. The van der Waals surface area contributed by atoms with E-state index in [1.807, 2.05) is 0 Å². The van der Waals surface area contributed by atoms with E-state index in [1.54, 1.807) is 0 Å². The van der Waals surface area contributed by atoms with Crippen molar-refractivity contribution in [2.75, 3.05) is 37.4 Å². The van der Waals surface area contributed by atoms with E-state index >= 15 is 0 Å². The van der Waals surface area contributed by atoms with Gasteiger partial charge in [-0.1, -0.05) is 11.6 Å². The molecule has 2 rings (SSSR count). The molecule has 0 fully saturated rings. The Bertz CT molecular complexity index is 773. The molecule has 1 aromatic rings. The fourth-order valence-electron chi connectivity index (χ4n) is 2.43. The normalized spacial score (nSPS) is 13.9. The summed E-state index contributed by atoms with van der Waals surface area (Å²) in [6, 6.07) is 2.33. The summed E-state index contributed by atoms with van der Waals surface area (Å²) in [6.45, 7) is 0.914. The summed E-state index contributed by atoms with van der Waals surface area (Å²) in [5.74, 6) is -2.56. The first-order valence-corrected chi connectivity index (χ1v) is 7.91. The van der Waals surface area contributed by atoms with Gasteiger partial charge in [-0.3, -0.25) is 9.59 Å². The van der Waals surface area contributed by atoms with Crippen molar-refractivity contribution in [3.63, 3.8) is 0 Å². The van der Waals surface area contributed by atoms with E-state index in [-0.39, 0.29) is 47.4 Å². The number of benzene rings is 1. The Balaban J connectivity index is 2.36. The highest BCUT2D eigenvalue weighted by molar-refractivity contribution is 6.34. The summed E-state index contributed by atoms with van der Waals surface area (Å²) in [6.07, 6.45) is 0. The molecule has 0 radical (unpaired) electrons. The fourth-order valence-corrected chi connectivity index (χ4v) is 2.69. The van der Waals surface area contributed by atoms with Crippen molar-refractivity contribution >= 4 is 40.8 Å². The Morgan fingerprint density at radius 3 is 2.65 bits per heavy atom. The lowest BCUT2D eigenvalue weighted by Gasteiger charge is -2.15. The number of ether oxygens (including phenoxy) is 1. The second-order valence-electron chi connectivity index (χ2n) is 5.42. The minimum Gasteiger partial charge on any atom is -0.466 e. The van der Waals surface area contributed by atoms with Crippen molar-refractivity contribution < 1.29 is 28.6 Å². The Morgan fingerprint density at radius 2 is 2.12 bits per heavy atom. The monoisotopic (exact) mass is 385 g/mol. The molecule has 3 N–H and O–H groups in total. The molecule has 0 saturated carbocycles. The van der Waals surface area contributed by atoms with E-state index in [0.717, 1.165) is 6.07 Å². The number of methoxy groups -OCH3 is 1. The molecule has 26 heavy (non-hydrogen) atoms. The van der Waals surface area contributed by atoms with Crippen LogP contribution in [-0.4, -0.2) is 54.6 Å². The third-order valence-corrected chi connectivity index (χ3v) is 3.86. The molecule has 0 aliphatic carbocycles. The van der Waals surface area contributed by atoms with E-state index in [1.165, 1.54) is 25.0 Å². The van der Waals surface area contributed by atoms with Crippen molar-refractivity contribution in [3.05, 3.63) is 34.2 Å². The number of carbonyl (C=O) groups excluding carboxylic acids is 3. The van der Waals surface area contributed by atoms with Crippen LogP contribution in [0.15, 0.2) is 23.4 Å². The smallest absolute Gasteiger partial charge is 0.337 e. The first-order chi connectivity index (χ1) is 12.3. The number of halogens is 2. The maximum atomic E-state index is 14.2. The van der Waals surface area contributed by atoms with Crippen LogP contribution < -0.4 is 10.6 Å². The Kier molecular flexibility index (Phi) is 6.17. The minimum atomic E-state index is -0.812. The minimum absolute atomic E-state index is 0.0289. The van der Waals surface area contributed by atoms with Gasteiger partial charge in [-0.25, -0.2) is 9.18 Å². The van der Waals surface area contributed by atoms with Crippen LogP contribution in [0.1, 0.15) is 6.92 Å². The summed E-state index contributed by atoms with van der Waals surface area (Å²) in [7, 11) is 1.17. The fraction of sp³-hybridized carbons (Fsp3) is 0.312. The van der Waals surface area contributed by atoms with Gasteiger partial charge in [0.2, 0.25) is 5.91 Å². The quantitative estimate of drug-likeness (QED) is 0.633. The first-order valence-electron chi connectivity index (χ1n) is 7.53. The van der Waals surface area contributed by atoms with Crippen LogP contribution in [0.4, 0.5) is 15.8 Å². The number of anilines is 2. The second-order valence-corrected chi connectivity index (χ2v) is 5.82. The third-order valence-electron chi connectivity index (χ3n) is 3.57. The number of hydrogen-bond acceptors (Lipinski definition) is 6. The van der Waals surface area contributed by atoms with E-state index in [2.05, 4.69) is 15.4 Å². The molecule has 1 aromatic carbocycles. The number of nitrogens with zero attached hydrogens (tertiary/aromatic N) is 1. The number of carbonyl (C=O) groups is 3. The molecule has 1 heterocycles. The number of β-amino-alcohol motifs (C(OH)–C–C–N with tert-alkyl or cyclic N) is 1. The van der Waals surface area contributed by atoms with Crippen molar-refractivity contribution in [3.8, 4) is 0 Å². The van der Waals surface area contributed by atoms with Gasteiger partial charge in [0.15, 0.2) is 0 Å². The summed E-state index contributed by atoms with van der Waals surface area (Å²) in [5.41, 5.74) is -0.120. The van der Waals surface area contributed by atoms with Crippen molar-refractivity contribution in [1.82, 2.24) is 4.90 Å². The van der Waals surface area contributed by atoms with Crippen LogP contribution in [-0.2, 0) is 19.1 Å². The molecule has 0 unspecified atom stereocenters. The molecule has 1 aliphatic heterocycles. The number of nitrogens with one attached hydrogen (secondary N) is 2. The van der Waals surface area contributed by atoms with Crippen LogP contribution >= 0.6 is 11.6 Å². The summed E-state index contributed by atoms with van der Waals surface area (Å²) in [4.78, 5) is 36.7. The Morgan fingerprint density at radius 1 is 1.42 bits per heavy atom. The largest absolute Gasteiger partial charge is 0.466 e. The van der Waals surface area contributed by atoms with Crippen LogP contribution in [0.2, 0.25) is 5.02 Å². The summed E-state index contributed by atoms with van der Waals surface area (Å²) < 4.78 is 18.8. The Labute approximate surface area is 153 Å². The SMILES string of the molecule is COC(=O)C1=C(Nc2cc(F)c(NC(C)=O)c(Cl)c2)C(=O)N(CCO)C1. The number of hydrogen-bond donors (Lipinski definition) is 3. The molecule has 1 aliphatic rings. The van der Waals surface area contributed by atoms with Gasteiger partial charge in [-0.15, -0.1) is 0 Å². The highest BCUT2D eigenvalue weighted by atomic mass is 35.5. The third kappa shape index (κ3) is 4.12. The van der Waals surface area contributed by atoms with Crippen LogP contribution in [0, 0.1) is 5.82 Å². The van der Waals surface area contributed by atoms with Gasteiger partial charge >= 0.3 is 5.97 Å². The molecule has 8 nitrogen and oxygen atoms in total. The highest BCUT2D eigenvalue weighted by Crippen LogP contribution is 2.31. The second kappa shape index (κ2) is 8.15. The Hall–Kier alpha value is -2.65. The van der Waals surface area contributed by atoms with Gasteiger partial charge in [0.05, 0.1) is 36.5 Å². The van der Waals surface area contributed by atoms with Crippen LogP contribution in [0.25, 0.3) is 0 Å². The van der Waals surface area contributed by atoms with E-state index in [4.69, 9.17) is 16.7 Å². The lowest BCUT2D eigenvalue weighted by atomic mass is 10.2. The molecule has 0 saturated heterocycles. The number of aliphatic hydroxyl groups is 1. The van der Waals surface area contributed by atoms with E-state index in [9.17, 15) is 18.8 Å². The zero-order chi connectivity index (χ0) is 19.4. The van der Waals surface area contributed by atoms with Crippen LogP contribution in [0.5, 0.6) is 0 Å². The molecular formula is C16H17ClFN3O5. The van der Waals surface area contributed by atoms with Gasteiger partial charge in [0.25, 0.3) is 5.91 Å². The maximum absolute atomic E-state index is 14.2. The summed E-state index contributed by atoms with van der Waals surface area (Å²) >= 11 is 5.97. The standard InChI is InChI=1S/C16H17ClFN3O5/c1-8(23)19-14-11(17)5-9(6-12(14)18)20-13-10(16(25)26-2)7-21(3-4-22)15(13)24/h5-6,20,22H,3-4,7H2,1-2H3,(H,19,23). The lowest BCUT2D eigenvalue weighted by molar-refractivity contribution is -0.136. The molecule has 0 spiro atoms. The molecule has 10 heteroatoms. The molecule has 2 amide bonds. The zero-order valence-corrected chi connectivity index (χ0v) is 14.8. The van der Waals surface area contributed by atoms with E-state index < -0.39 is 23.6 Å². The van der Waals surface area contributed by atoms with Gasteiger partial charge in [-0.05, 0) is 12.1 Å². The zero-order valence-electron chi connectivity index (χ0n) is 14.1. The molecular weight excluding hydrogens is 369 g/mol. The summed E-state index contributed by atoms with van der Waals surface area (Å²) in [5, 5.41) is 13.9. The molecule has 0 atom stereocenters. The first kappa shape index (κ1) is 19.7. The predicted molar refractivity (Wildman–Crippen MR) is 92.0 cm³/mol. The molecule has 0 bridgehead atoms. The van der Waals surface area contributed by atoms with Crippen molar-refractivity contribution in [2.45, 2.75) is 6.92 Å². The number of rotatable bonds is 6. The topological polar surface area (TPSA) is 108 Å². The number of aliphatic hydroxyl groups excluding tert-OH is 1. The van der Waals surface area contributed by atoms with E-state index in [0.29, 0.717) is 0 Å². The average molecular weight is 386 g/mol. The van der Waals surface area contributed by atoms with Gasteiger partial charge in [0, 0.05) is 19.2 Å². The average Bonchev–Trinajstić information content (AvgIpc) is 2.87. The van der Waals surface area contributed by atoms with Gasteiger partial charge in [0.1, 0.15) is 11.5 Å². The predicted octanol–water partition coefficient (Wildman–Crippen LogP) is 1.11. The van der Waals surface area contributed by atoms with Gasteiger partial charge in [-0.2, -0.15) is 0 Å². The number of esters is 1. The highest BCUT2D eigenvalue weighted by Gasteiger charge is 2.34.